The van der Waals surface area contributed by atoms with Gasteiger partial charge in [0.2, 0.25) is 11.8 Å². The predicted molar refractivity (Wildman–Crippen MR) is 148 cm³/mol. The summed E-state index contributed by atoms with van der Waals surface area (Å²) in [6, 6.07) is 7.24. The molecule has 3 atom stereocenters. The van der Waals surface area contributed by atoms with E-state index in [2.05, 4.69) is 21.9 Å². The van der Waals surface area contributed by atoms with Crippen molar-refractivity contribution in [3.05, 3.63) is 65.0 Å². The lowest BCUT2D eigenvalue weighted by Crippen LogP contribution is -2.55. The molecule has 42 heavy (non-hydrogen) atoms. The number of carbonyl (C=O) groups is 2. The van der Waals surface area contributed by atoms with Crippen LogP contribution in [0.1, 0.15) is 61.6 Å². The minimum atomic E-state index is -4.49. The first-order valence-corrected chi connectivity index (χ1v) is 14.1. The Morgan fingerprint density at radius 1 is 1.12 bits per heavy atom. The monoisotopic (exact) mass is 589 g/mol. The van der Waals surface area contributed by atoms with Gasteiger partial charge < -0.3 is 25.8 Å². The van der Waals surface area contributed by atoms with Crippen molar-refractivity contribution in [2.24, 2.45) is 0 Å². The molecule has 7 nitrogen and oxygen atoms in total. The van der Waals surface area contributed by atoms with Gasteiger partial charge in [0.05, 0.1) is 24.3 Å². The number of nitrogens with one attached hydrogen (secondary N) is 3. The molecule has 1 saturated carbocycles. The molecule has 1 aliphatic carbocycles. The fourth-order valence-corrected chi connectivity index (χ4v) is 5.12. The highest BCUT2D eigenvalue weighted by Gasteiger charge is 2.45. The van der Waals surface area contributed by atoms with Crippen molar-refractivity contribution < 1.29 is 37.0 Å². The quantitative estimate of drug-likeness (QED) is 0.302. The first kappa shape index (κ1) is 31.3. The number of rotatable bonds is 6. The zero-order valence-corrected chi connectivity index (χ0v) is 23.1. The number of aliphatic hydroxyl groups excluding tert-OH is 1. The van der Waals surface area contributed by atoms with E-state index in [9.17, 15) is 32.3 Å². The van der Waals surface area contributed by atoms with Gasteiger partial charge in [-0.25, -0.2) is 4.39 Å². The van der Waals surface area contributed by atoms with Crippen LogP contribution in [0.25, 0.3) is 0 Å². The van der Waals surface area contributed by atoms with Crippen molar-refractivity contribution >= 4 is 11.8 Å². The fourth-order valence-electron chi connectivity index (χ4n) is 5.12. The molecule has 11 heteroatoms. The van der Waals surface area contributed by atoms with Gasteiger partial charge in [0.15, 0.2) is 0 Å². The summed E-state index contributed by atoms with van der Waals surface area (Å²) in [6.07, 6.45) is 2.90. The normalized spacial score (nSPS) is 22.2. The molecule has 2 aliphatic rings. The number of fused-ring (bicyclic) bond motifs is 2. The van der Waals surface area contributed by atoms with Crippen LogP contribution in [-0.4, -0.2) is 48.3 Å². The lowest BCUT2D eigenvalue weighted by atomic mass is 9.98. The summed E-state index contributed by atoms with van der Waals surface area (Å²) >= 11 is 0. The van der Waals surface area contributed by atoms with E-state index in [0.717, 1.165) is 12.1 Å². The molecule has 4 N–H and O–H groups in total. The van der Waals surface area contributed by atoms with Crippen LogP contribution in [0.15, 0.2) is 42.5 Å². The second-order valence-corrected chi connectivity index (χ2v) is 10.9. The van der Waals surface area contributed by atoms with Crippen molar-refractivity contribution in [2.45, 2.75) is 81.3 Å². The molecule has 2 aromatic rings. The van der Waals surface area contributed by atoms with Gasteiger partial charge in [0.1, 0.15) is 17.6 Å². The van der Waals surface area contributed by atoms with Crippen LogP contribution < -0.4 is 20.7 Å². The minimum absolute atomic E-state index is 0.00991. The Balaban J connectivity index is 1.56. The zero-order chi connectivity index (χ0) is 30.3. The van der Waals surface area contributed by atoms with Crippen LogP contribution in [-0.2, 0) is 27.7 Å². The Labute approximate surface area is 242 Å². The number of benzene rings is 2. The summed E-state index contributed by atoms with van der Waals surface area (Å²) < 4.78 is 60.1. The minimum Gasteiger partial charge on any atom is -0.493 e. The molecular weight excluding hydrogens is 554 g/mol. The molecule has 1 heterocycles. The number of terminal acetylenes is 1. The maximum Gasteiger partial charge on any atom is 0.416 e. The van der Waals surface area contributed by atoms with E-state index in [4.69, 9.17) is 11.2 Å². The highest BCUT2D eigenvalue weighted by molar-refractivity contribution is 5.88. The second-order valence-electron chi connectivity index (χ2n) is 10.9. The lowest BCUT2D eigenvalue weighted by molar-refractivity contribution is -0.137. The molecule has 2 amide bonds. The first-order valence-electron chi connectivity index (χ1n) is 14.1. The molecule has 0 radical (unpaired) electrons. The Bertz CT molecular complexity index is 1310. The van der Waals surface area contributed by atoms with Crippen LogP contribution in [0.2, 0.25) is 0 Å². The average Bonchev–Trinajstić information content (AvgIpc) is 3.73. The third kappa shape index (κ3) is 8.46. The van der Waals surface area contributed by atoms with Crippen LogP contribution in [0, 0.1) is 18.2 Å². The number of amides is 2. The van der Waals surface area contributed by atoms with E-state index >= 15 is 0 Å². The SMILES string of the molecule is C#CC[C@@H]1NC(=O)CCCCCOc2cc(F)cc(c2)C[C@@H]([C@H](O)CNC2(c3cccc(C(F)(F)F)c3)CC2)NC1=O. The van der Waals surface area contributed by atoms with Gasteiger partial charge >= 0.3 is 6.18 Å². The van der Waals surface area contributed by atoms with E-state index < -0.39 is 47.2 Å². The summed E-state index contributed by atoms with van der Waals surface area (Å²) in [5.74, 6) is 1.21. The Morgan fingerprint density at radius 3 is 2.62 bits per heavy atom. The van der Waals surface area contributed by atoms with Gasteiger partial charge in [-0.05, 0) is 73.9 Å². The number of hydrogen-bond acceptors (Lipinski definition) is 5. The molecule has 1 fully saturated rings. The summed E-state index contributed by atoms with van der Waals surface area (Å²) in [6.45, 7) is 0.251. The third-order valence-electron chi connectivity index (χ3n) is 7.61. The first-order chi connectivity index (χ1) is 20.0. The smallest absolute Gasteiger partial charge is 0.416 e. The zero-order valence-electron chi connectivity index (χ0n) is 23.1. The summed E-state index contributed by atoms with van der Waals surface area (Å²) in [7, 11) is 0. The summed E-state index contributed by atoms with van der Waals surface area (Å²) in [4.78, 5) is 25.7. The third-order valence-corrected chi connectivity index (χ3v) is 7.61. The van der Waals surface area contributed by atoms with E-state index in [1.165, 1.54) is 18.2 Å². The van der Waals surface area contributed by atoms with Gasteiger partial charge in [-0.2, -0.15) is 13.2 Å². The van der Waals surface area contributed by atoms with Gasteiger partial charge in [-0.1, -0.05) is 12.1 Å². The molecule has 0 spiro atoms. The number of hydrogen-bond donors (Lipinski definition) is 4. The van der Waals surface area contributed by atoms with Gasteiger partial charge in [0.25, 0.3) is 0 Å². The van der Waals surface area contributed by atoms with Gasteiger partial charge in [-0.15, -0.1) is 12.3 Å². The predicted octanol–water partition coefficient (Wildman–Crippen LogP) is 3.97. The van der Waals surface area contributed by atoms with E-state index in [1.54, 1.807) is 12.1 Å². The Morgan fingerprint density at radius 2 is 1.90 bits per heavy atom. The molecule has 2 aromatic carbocycles. The molecular formula is C31H35F4N3O4. The molecule has 2 bridgehead atoms. The van der Waals surface area contributed by atoms with E-state index in [1.807, 2.05) is 0 Å². The Hall–Kier alpha value is -3.62. The maximum absolute atomic E-state index is 14.5. The summed E-state index contributed by atoms with van der Waals surface area (Å²) in [5.41, 5.74) is -0.595. The topological polar surface area (TPSA) is 99.7 Å². The van der Waals surface area contributed by atoms with Crippen molar-refractivity contribution in [1.82, 2.24) is 16.0 Å². The van der Waals surface area contributed by atoms with Crippen molar-refractivity contribution in [1.29, 1.82) is 0 Å². The Kier molecular flexibility index (Phi) is 10.1. The van der Waals surface area contributed by atoms with Crippen molar-refractivity contribution in [2.75, 3.05) is 13.2 Å². The lowest BCUT2D eigenvalue weighted by Gasteiger charge is -2.29. The van der Waals surface area contributed by atoms with E-state index in [-0.39, 0.29) is 31.7 Å². The number of halogens is 4. The number of carbonyl (C=O) groups excluding carboxylic acids is 2. The number of ether oxygens (including phenoxy) is 1. The van der Waals surface area contributed by atoms with Crippen molar-refractivity contribution in [3.8, 4) is 18.1 Å². The number of aliphatic hydroxyl groups is 1. The van der Waals surface area contributed by atoms with E-state index in [0.29, 0.717) is 55.6 Å². The molecule has 4 rings (SSSR count). The fraction of sp³-hybridized carbons (Fsp3) is 0.484. The van der Waals surface area contributed by atoms with Crippen LogP contribution in [0.3, 0.4) is 0 Å². The van der Waals surface area contributed by atoms with Gasteiger partial charge in [0, 0.05) is 31.0 Å². The molecule has 0 unspecified atom stereocenters. The molecule has 1 aliphatic heterocycles. The molecule has 0 aromatic heterocycles. The van der Waals surface area contributed by atoms with Gasteiger partial charge in [-0.3, -0.25) is 9.59 Å². The van der Waals surface area contributed by atoms with Crippen molar-refractivity contribution in [3.63, 3.8) is 0 Å². The highest BCUT2D eigenvalue weighted by atomic mass is 19.4. The van der Waals surface area contributed by atoms with Crippen LogP contribution in [0.4, 0.5) is 17.6 Å². The second kappa shape index (κ2) is 13.6. The highest BCUT2D eigenvalue weighted by Crippen LogP contribution is 2.46. The number of alkyl halides is 3. The van der Waals surface area contributed by atoms with Crippen LogP contribution in [0.5, 0.6) is 5.75 Å². The molecule has 226 valence electrons. The molecule has 0 saturated heterocycles. The maximum atomic E-state index is 14.5. The summed E-state index contributed by atoms with van der Waals surface area (Å²) in [5, 5.41) is 19.9. The van der Waals surface area contributed by atoms with Crippen LogP contribution >= 0.6 is 0 Å². The average molecular weight is 590 g/mol. The standard InChI is InChI=1S/C31H35F4N3O4/c1-2-7-25-29(41)38-26(16-20-14-23(32)18-24(15-20)42-13-5-3-4-10-28(40)37-25)27(39)19-36-30(11-12-30)21-8-6-9-22(17-21)31(33,34)35/h1,6,8-9,14-15,17-18,25-27,36,39H,3-5,7,10-13,16,19H2,(H,37,40)(H,38,41)/t25-,26-,27+/m0/s1. The largest absolute Gasteiger partial charge is 0.493 e.